The Kier molecular flexibility index (Phi) is 7.40. The molecular weight excluding hydrogens is 250 g/mol. The van der Waals surface area contributed by atoms with Crippen LogP contribution in [0.2, 0.25) is 0 Å². The Hall–Kier alpha value is -0.925. The molecule has 0 radical (unpaired) electrons. The van der Waals surface area contributed by atoms with E-state index in [1.54, 1.807) is 0 Å². The average Bonchev–Trinajstić information content (AvgIpc) is 2.14. The van der Waals surface area contributed by atoms with Crippen molar-refractivity contribution in [3.63, 3.8) is 0 Å². The first-order valence-electron chi connectivity index (χ1n) is 3.57. The predicted octanol–water partition coefficient (Wildman–Crippen LogP) is -7.02. The minimum Gasteiger partial charge on any atom is -0.545 e. The Balaban J connectivity index is 0. The van der Waals surface area contributed by atoms with Crippen molar-refractivity contribution in [2.75, 3.05) is 0 Å². The third-order valence-corrected chi connectivity index (χ3v) is 1.67. The minimum atomic E-state index is -2.52. The monoisotopic (exact) mass is 250 g/mol. The first-order chi connectivity index (χ1) is 7.29. The molecule has 1 aromatic carbocycles. The van der Waals surface area contributed by atoms with Gasteiger partial charge < -0.3 is 19.8 Å². The van der Waals surface area contributed by atoms with Gasteiger partial charge >= 0.3 is 37.7 Å². The van der Waals surface area contributed by atoms with E-state index in [1.807, 2.05) is 0 Å². The van der Waals surface area contributed by atoms with Gasteiger partial charge in [-0.15, -0.1) is 0 Å². The molecule has 0 aliphatic carbocycles. The Morgan fingerprint density at radius 1 is 0.667 bits per heavy atom. The van der Waals surface area contributed by atoms with Crippen molar-refractivity contribution in [2.24, 2.45) is 0 Å². The molecule has 0 fully saturated rings. The number of rotatable bonds is 2. The van der Waals surface area contributed by atoms with Crippen molar-refractivity contribution in [2.45, 2.75) is 0 Å². The SMILES string of the molecule is O=C([O-])c1c(F)c(F)c(C(=O)[O-])c(F)c1F.[Li+].[Li+]. The van der Waals surface area contributed by atoms with Crippen LogP contribution in [0.4, 0.5) is 17.6 Å². The van der Waals surface area contributed by atoms with Gasteiger partial charge in [0.25, 0.3) is 0 Å². The summed E-state index contributed by atoms with van der Waals surface area (Å²) < 4.78 is 51.3. The van der Waals surface area contributed by atoms with E-state index in [-0.39, 0.29) is 37.7 Å². The van der Waals surface area contributed by atoms with Crippen LogP contribution in [0, 0.1) is 23.3 Å². The second-order valence-electron chi connectivity index (χ2n) is 2.58. The summed E-state index contributed by atoms with van der Waals surface area (Å²) >= 11 is 0. The molecule has 0 heterocycles. The zero-order chi connectivity index (χ0) is 12.6. The molecule has 1 rings (SSSR count). The first-order valence-corrected chi connectivity index (χ1v) is 3.57. The Morgan fingerprint density at radius 3 is 0.944 bits per heavy atom. The summed E-state index contributed by atoms with van der Waals surface area (Å²) in [6.07, 6.45) is 0. The maximum Gasteiger partial charge on any atom is 1.00 e. The van der Waals surface area contributed by atoms with Gasteiger partial charge in [-0.25, -0.2) is 17.6 Å². The van der Waals surface area contributed by atoms with Gasteiger partial charge in [0.1, 0.15) is 0 Å². The molecule has 1 aromatic rings. The quantitative estimate of drug-likeness (QED) is 0.297. The van der Waals surface area contributed by atoms with E-state index in [4.69, 9.17) is 0 Å². The van der Waals surface area contributed by atoms with Gasteiger partial charge in [0.15, 0.2) is 23.3 Å². The van der Waals surface area contributed by atoms with Gasteiger partial charge in [-0.1, -0.05) is 0 Å². The van der Waals surface area contributed by atoms with E-state index in [9.17, 15) is 37.4 Å². The van der Waals surface area contributed by atoms with Crippen molar-refractivity contribution >= 4 is 11.9 Å². The molecule has 4 nitrogen and oxygen atoms in total. The number of carboxylic acid groups (broad SMARTS) is 2. The van der Waals surface area contributed by atoms with Gasteiger partial charge in [0, 0.05) is 0 Å². The Labute approximate surface area is 121 Å². The van der Waals surface area contributed by atoms with Crippen LogP contribution >= 0.6 is 0 Å². The fourth-order valence-electron chi connectivity index (χ4n) is 0.990. The standard InChI is InChI=1S/C8H2F4O4.2Li/c9-3-1(7(13)14)4(10)6(12)2(5(3)11)8(15)16;;/h(H,13,14)(H,15,16);;/q;2*+1/p-2. The zero-order valence-corrected chi connectivity index (χ0v) is 9.14. The summed E-state index contributed by atoms with van der Waals surface area (Å²) in [5, 5.41) is 20.3. The minimum absolute atomic E-state index is 0. The zero-order valence-electron chi connectivity index (χ0n) is 9.14. The molecule has 0 spiro atoms. The molecule has 18 heavy (non-hydrogen) atoms. The fraction of sp³-hybridized carbons (Fsp3) is 0. The molecule has 0 atom stereocenters. The van der Waals surface area contributed by atoms with Crippen molar-refractivity contribution < 1.29 is 75.1 Å². The molecule has 0 saturated carbocycles. The van der Waals surface area contributed by atoms with E-state index in [2.05, 4.69) is 0 Å². The van der Waals surface area contributed by atoms with Crippen molar-refractivity contribution in [1.82, 2.24) is 0 Å². The summed E-state index contributed by atoms with van der Waals surface area (Å²) in [7, 11) is 0. The molecule has 0 bridgehead atoms. The van der Waals surface area contributed by atoms with E-state index in [0.717, 1.165) is 0 Å². The van der Waals surface area contributed by atoms with Crippen LogP contribution in [-0.2, 0) is 0 Å². The maximum atomic E-state index is 12.8. The molecule has 0 saturated heterocycles. The van der Waals surface area contributed by atoms with Gasteiger partial charge in [-0.2, -0.15) is 0 Å². The molecule has 0 aromatic heterocycles. The summed E-state index contributed by atoms with van der Waals surface area (Å²) in [4.78, 5) is 20.3. The van der Waals surface area contributed by atoms with Gasteiger partial charge in [-0.3, -0.25) is 0 Å². The Bertz CT molecular complexity index is 432. The summed E-state index contributed by atoms with van der Waals surface area (Å²) in [6.45, 7) is 0. The van der Waals surface area contributed by atoms with Crippen molar-refractivity contribution in [1.29, 1.82) is 0 Å². The molecule has 86 valence electrons. The molecule has 0 amide bonds. The van der Waals surface area contributed by atoms with Crippen molar-refractivity contribution in [3.05, 3.63) is 34.4 Å². The van der Waals surface area contributed by atoms with Crippen molar-refractivity contribution in [3.8, 4) is 0 Å². The van der Waals surface area contributed by atoms with Crippen LogP contribution in [0.3, 0.4) is 0 Å². The molecule has 0 aliphatic rings. The number of halogens is 4. The number of aromatic carboxylic acids is 2. The maximum absolute atomic E-state index is 12.8. The smallest absolute Gasteiger partial charge is 0.545 e. The molecule has 0 aliphatic heterocycles. The molecule has 0 unspecified atom stereocenters. The predicted molar refractivity (Wildman–Crippen MR) is 34.9 cm³/mol. The number of hydrogen-bond donors (Lipinski definition) is 0. The van der Waals surface area contributed by atoms with Crippen LogP contribution in [0.5, 0.6) is 0 Å². The summed E-state index contributed by atoms with van der Waals surface area (Å²) in [6, 6.07) is 0. The van der Waals surface area contributed by atoms with E-state index < -0.39 is 46.3 Å². The number of hydrogen-bond acceptors (Lipinski definition) is 4. The Morgan fingerprint density at radius 2 is 0.833 bits per heavy atom. The molecular formula is C8F4Li2O4. The van der Waals surface area contributed by atoms with Crippen LogP contribution < -0.4 is 47.9 Å². The van der Waals surface area contributed by atoms with Crippen LogP contribution in [0.1, 0.15) is 20.7 Å². The second kappa shape index (κ2) is 6.86. The summed E-state index contributed by atoms with van der Waals surface area (Å²) in [5.41, 5.74) is -4.03. The van der Waals surface area contributed by atoms with Crippen LogP contribution in [0.25, 0.3) is 0 Å². The average molecular weight is 250 g/mol. The third-order valence-electron chi connectivity index (χ3n) is 1.67. The topological polar surface area (TPSA) is 80.3 Å². The number of carboxylic acids is 2. The van der Waals surface area contributed by atoms with Gasteiger partial charge in [0.05, 0.1) is 23.1 Å². The molecule has 10 heteroatoms. The molecule has 0 N–H and O–H groups in total. The normalized spacial score (nSPS) is 9.11. The van der Waals surface area contributed by atoms with Gasteiger partial charge in [-0.05, 0) is 0 Å². The first kappa shape index (κ1) is 19.4. The number of carbonyl (C=O) groups excluding carboxylic acids is 2. The summed E-state index contributed by atoms with van der Waals surface area (Å²) in [5.74, 6) is -14.5. The second-order valence-corrected chi connectivity index (χ2v) is 2.58. The number of carbonyl (C=O) groups is 2. The largest absolute Gasteiger partial charge is 1.00 e. The fourth-order valence-corrected chi connectivity index (χ4v) is 0.990. The van der Waals surface area contributed by atoms with E-state index in [1.165, 1.54) is 0 Å². The third kappa shape index (κ3) is 3.09. The van der Waals surface area contributed by atoms with E-state index >= 15 is 0 Å². The van der Waals surface area contributed by atoms with E-state index in [0.29, 0.717) is 0 Å². The van der Waals surface area contributed by atoms with Crippen LogP contribution in [-0.4, -0.2) is 11.9 Å². The number of benzene rings is 1. The van der Waals surface area contributed by atoms with Crippen LogP contribution in [0.15, 0.2) is 0 Å². The van der Waals surface area contributed by atoms with Gasteiger partial charge in [0.2, 0.25) is 0 Å².